The fraction of sp³-hybridized carbons (Fsp3) is 0.292. The lowest BCUT2D eigenvalue weighted by Crippen LogP contribution is -2.54. The van der Waals surface area contributed by atoms with E-state index in [0.717, 1.165) is 6.42 Å². The number of benzene rings is 2. The molecule has 3 heterocycles. The molecule has 2 aliphatic rings. The summed E-state index contributed by atoms with van der Waals surface area (Å²) in [5.74, 6) is -0.952. The summed E-state index contributed by atoms with van der Waals surface area (Å²) < 4.78 is 11.2. The molecule has 32 heavy (non-hydrogen) atoms. The van der Waals surface area contributed by atoms with Gasteiger partial charge in [-0.25, -0.2) is 0 Å². The standard InChI is InChI=1S/C24H21ClN2O5/c1-3-10-26-17-7-5-4-6-16(17)24(23(26)30)19-20(28)15-13-14(25)8-9-18(15)32-21(19)22(29)27(24)11-12-31-2/h4-9,13H,3,10-12H2,1-2H3. The molecule has 2 aromatic carbocycles. The minimum absolute atomic E-state index is 0.0458. The largest absolute Gasteiger partial charge is 0.450 e. The zero-order valence-corrected chi connectivity index (χ0v) is 18.4. The highest BCUT2D eigenvalue weighted by atomic mass is 35.5. The summed E-state index contributed by atoms with van der Waals surface area (Å²) >= 11 is 6.14. The molecule has 8 heteroatoms. The van der Waals surface area contributed by atoms with E-state index in [1.807, 2.05) is 19.1 Å². The van der Waals surface area contributed by atoms with Crippen molar-refractivity contribution in [2.75, 3.05) is 31.7 Å². The van der Waals surface area contributed by atoms with Crippen molar-refractivity contribution < 1.29 is 18.7 Å². The highest BCUT2D eigenvalue weighted by molar-refractivity contribution is 6.31. The van der Waals surface area contributed by atoms with Crippen molar-refractivity contribution in [1.29, 1.82) is 0 Å². The van der Waals surface area contributed by atoms with Crippen molar-refractivity contribution in [1.82, 2.24) is 4.90 Å². The van der Waals surface area contributed by atoms with E-state index in [2.05, 4.69) is 0 Å². The second-order valence-electron chi connectivity index (χ2n) is 7.91. The van der Waals surface area contributed by atoms with Gasteiger partial charge in [0, 0.05) is 30.8 Å². The second-order valence-corrected chi connectivity index (χ2v) is 8.35. The molecule has 5 rings (SSSR count). The molecule has 7 nitrogen and oxygen atoms in total. The van der Waals surface area contributed by atoms with Gasteiger partial charge in [0.1, 0.15) is 5.58 Å². The Morgan fingerprint density at radius 2 is 1.88 bits per heavy atom. The number of anilines is 1. The highest BCUT2D eigenvalue weighted by Gasteiger charge is 2.64. The smallest absolute Gasteiger partial charge is 0.291 e. The van der Waals surface area contributed by atoms with Gasteiger partial charge in [0.15, 0.2) is 11.0 Å². The van der Waals surface area contributed by atoms with Gasteiger partial charge < -0.3 is 19.0 Å². The van der Waals surface area contributed by atoms with E-state index in [1.54, 1.807) is 29.2 Å². The van der Waals surface area contributed by atoms with Crippen LogP contribution in [0.2, 0.25) is 5.02 Å². The van der Waals surface area contributed by atoms with E-state index in [-0.39, 0.29) is 41.4 Å². The Bertz CT molecular complexity index is 1330. The van der Waals surface area contributed by atoms with Crippen LogP contribution < -0.4 is 10.3 Å². The van der Waals surface area contributed by atoms with Crippen LogP contribution in [0.25, 0.3) is 11.0 Å². The lowest BCUT2D eigenvalue weighted by Gasteiger charge is -2.34. The number of halogens is 1. The number of para-hydroxylation sites is 1. The summed E-state index contributed by atoms with van der Waals surface area (Å²) in [5.41, 5.74) is -0.459. The monoisotopic (exact) mass is 452 g/mol. The number of carbonyl (C=O) groups is 2. The van der Waals surface area contributed by atoms with Gasteiger partial charge in [0.2, 0.25) is 5.76 Å². The van der Waals surface area contributed by atoms with Crippen LogP contribution in [0.1, 0.15) is 35.0 Å². The number of nitrogens with zero attached hydrogens (tertiary/aromatic N) is 2. The molecule has 1 atom stereocenters. The number of hydrogen-bond acceptors (Lipinski definition) is 5. The first-order valence-corrected chi connectivity index (χ1v) is 10.8. The van der Waals surface area contributed by atoms with Crippen molar-refractivity contribution in [3.8, 4) is 0 Å². The third kappa shape index (κ3) is 2.55. The van der Waals surface area contributed by atoms with Gasteiger partial charge in [0.25, 0.3) is 11.8 Å². The zero-order valence-electron chi connectivity index (χ0n) is 17.7. The molecule has 0 saturated carbocycles. The van der Waals surface area contributed by atoms with Crippen LogP contribution in [0.4, 0.5) is 5.69 Å². The first-order valence-electron chi connectivity index (χ1n) is 10.5. The molecule has 0 saturated heterocycles. The van der Waals surface area contributed by atoms with Crippen molar-refractivity contribution in [2.45, 2.75) is 18.9 Å². The third-order valence-electron chi connectivity index (χ3n) is 6.16. The Kier molecular flexibility index (Phi) is 4.83. The Morgan fingerprint density at radius 3 is 2.62 bits per heavy atom. The van der Waals surface area contributed by atoms with E-state index in [9.17, 15) is 14.4 Å². The fourth-order valence-electron chi connectivity index (χ4n) is 4.89. The zero-order chi connectivity index (χ0) is 22.6. The summed E-state index contributed by atoms with van der Waals surface area (Å²) in [7, 11) is 1.52. The highest BCUT2D eigenvalue weighted by Crippen LogP contribution is 2.52. The van der Waals surface area contributed by atoms with Crippen LogP contribution >= 0.6 is 11.6 Å². The van der Waals surface area contributed by atoms with Gasteiger partial charge in [-0.1, -0.05) is 36.7 Å². The Morgan fingerprint density at radius 1 is 1.09 bits per heavy atom. The molecular weight excluding hydrogens is 432 g/mol. The van der Waals surface area contributed by atoms with Gasteiger partial charge in [0.05, 0.1) is 23.2 Å². The average Bonchev–Trinajstić information content (AvgIpc) is 3.18. The Balaban J connectivity index is 1.90. The molecule has 0 N–H and O–H groups in total. The van der Waals surface area contributed by atoms with E-state index in [0.29, 0.717) is 22.8 Å². The second kappa shape index (κ2) is 7.46. The molecule has 2 aliphatic heterocycles. The summed E-state index contributed by atoms with van der Waals surface area (Å²) in [5, 5.41) is 0.598. The van der Waals surface area contributed by atoms with Crippen molar-refractivity contribution in [2.24, 2.45) is 0 Å². The maximum absolute atomic E-state index is 14.1. The van der Waals surface area contributed by atoms with Crippen LogP contribution in [0, 0.1) is 0 Å². The molecule has 1 aromatic heterocycles. The lowest BCUT2D eigenvalue weighted by molar-refractivity contribution is -0.126. The predicted molar refractivity (Wildman–Crippen MR) is 120 cm³/mol. The molecule has 1 unspecified atom stereocenters. The van der Waals surface area contributed by atoms with Gasteiger partial charge in [-0.05, 0) is 30.7 Å². The van der Waals surface area contributed by atoms with Crippen molar-refractivity contribution in [3.63, 3.8) is 0 Å². The van der Waals surface area contributed by atoms with Crippen LogP contribution in [0.5, 0.6) is 0 Å². The molecule has 0 bridgehead atoms. The van der Waals surface area contributed by atoms with Crippen molar-refractivity contribution in [3.05, 3.63) is 74.6 Å². The number of ether oxygens (including phenoxy) is 1. The van der Waals surface area contributed by atoms with Gasteiger partial charge in [-0.3, -0.25) is 14.4 Å². The molecule has 2 amide bonds. The summed E-state index contributed by atoms with van der Waals surface area (Å²) in [6, 6.07) is 11.9. The first-order chi connectivity index (χ1) is 15.5. The van der Waals surface area contributed by atoms with Crippen molar-refractivity contribution >= 4 is 40.1 Å². The maximum Gasteiger partial charge on any atom is 0.291 e. The fourth-order valence-corrected chi connectivity index (χ4v) is 5.06. The summed E-state index contributed by atoms with van der Waals surface area (Å²) in [6.07, 6.45) is 0.719. The van der Waals surface area contributed by atoms with E-state index in [4.69, 9.17) is 20.8 Å². The molecule has 3 aromatic rings. The van der Waals surface area contributed by atoms with Crippen LogP contribution in [0.15, 0.2) is 51.7 Å². The van der Waals surface area contributed by atoms with Gasteiger partial charge >= 0.3 is 0 Å². The first kappa shape index (κ1) is 20.7. The molecule has 0 fully saturated rings. The quantitative estimate of drug-likeness (QED) is 0.591. The summed E-state index contributed by atoms with van der Waals surface area (Å²) in [4.78, 5) is 44.6. The Hall–Kier alpha value is -3.16. The van der Waals surface area contributed by atoms with Crippen LogP contribution in [-0.4, -0.2) is 43.5 Å². The maximum atomic E-state index is 14.1. The van der Waals surface area contributed by atoms with Crippen LogP contribution in [0.3, 0.4) is 0 Å². The number of hydrogen-bond donors (Lipinski definition) is 0. The summed E-state index contributed by atoms with van der Waals surface area (Å²) in [6.45, 7) is 2.76. The van der Waals surface area contributed by atoms with Crippen LogP contribution in [-0.2, 0) is 15.1 Å². The predicted octanol–water partition coefficient (Wildman–Crippen LogP) is 3.55. The SMILES string of the molecule is CCCN1C(=O)C2(c3ccccc31)c1c(oc3ccc(Cl)cc3c1=O)C(=O)N2CCOC. The molecule has 0 aliphatic carbocycles. The average molecular weight is 453 g/mol. The number of fused-ring (bicyclic) bond motifs is 5. The number of rotatable bonds is 5. The molecule has 0 radical (unpaired) electrons. The van der Waals surface area contributed by atoms with E-state index in [1.165, 1.54) is 18.1 Å². The number of carbonyl (C=O) groups excluding carboxylic acids is 2. The lowest BCUT2D eigenvalue weighted by atomic mass is 9.84. The number of amides is 2. The minimum atomic E-state index is -1.60. The molecule has 164 valence electrons. The topological polar surface area (TPSA) is 80.1 Å². The third-order valence-corrected chi connectivity index (χ3v) is 6.40. The number of methoxy groups -OCH3 is 1. The normalized spacial score (nSPS) is 19.3. The van der Waals surface area contributed by atoms with Gasteiger partial charge in [-0.2, -0.15) is 0 Å². The Labute approximate surface area is 189 Å². The molecular formula is C24H21ClN2O5. The minimum Gasteiger partial charge on any atom is -0.450 e. The van der Waals surface area contributed by atoms with Gasteiger partial charge in [-0.15, -0.1) is 0 Å². The van der Waals surface area contributed by atoms with E-state index >= 15 is 0 Å². The van der Waals surface area contributed by atoms with E-state index < -0.39 is 16.9 Å². The molecule has 1 spiro atoms.